The first kappa shape index (κ1) is 18.2. The fourth-order valence-electron chi connectivity index (χ4n) is 3.53. The molecule has 0 aromatic heterocycles. The van der Waals surface area contributed by atoms with Crippen LogP contribution in [0.4, 0.5) is 0 Å². The zero-order valence-electron chi connectivity index (χ0n) is 13.1. The van der Waals surface area contributed by atoms with Crippen molar-refractivity contribution in [3.8, 4) is 0 Å². The molecule has 3 unspecified atom stereocenters. The van der Waals surface area contributed by atoms with Gasteiger partial charge in [-0.2, -0.15) is 0 Å². The van der Waals surface area contributed by atoms with Crippen molar-refractivity contribution in [1.82, 2.24) is 15.5 Å². The normalized spacial score (nSPS) is 30.4. The van der Waals surface area contributed by atoms with Gasteiger partial charge >= 0.3 is 0 Å². The van der Waals surface area contributed by atoms with E-state index in [4.69, 9.17) is 4.74 Å². The van der Waals surface area contributed by atoms with Gasteiger partial charge in [-0.15, -0.1) is 12.4 Å². The highest BCUT2D eigenvalue weighted by Crippen LogP contribution is 2.29. The third-order valence-electron chi connectivity index (χ3n) is 4.77. The lowest BCUT2D eigenvalue weighted by Crippen LogP contribution is -2.51. The molecule has 5 heteroatoms. The van der Waals surface area contributed by atoms with Crippen molar-refractivity contribution < 1.29 is 4.74 Å². The van der Waals surface area contributed by atoms with E-state index in [9.17, 15) is 0 Å². The standard InChI is InChI=1S/C15H31N3O.ClH/c1-3-18(4-2)10-8-16-14-7-5-6-13(14)15-12-19-11-9-17-15;/h13-17H,3-12H2,1-2H3;1H. The number of rotatable bonds is 7. The van der Waals surface area contributed by atoms with Crippen molar-refractivity contribution >= 4 is 12.4 Å². The summed E-state index contributed by atoms with van der Waals surface area (Å²) in [6, 6.07) is 1.26. The number of hydrogen-bond acceptors (Lipinski definition) is 4. The maximum atomic E-state index is 5.62. The number of likely N-dealkylation sites (N-methyl/N-ethyl adjacent to an activating group) is 1. The molecule has 0 aromatic rings. The molecular weight excluding hydrogens is 274 g/mol. The predicted molar refractivity (Wildman–Crippen MR) is 86.8 cm³/mol. The van der Waals surface area contributed by atoms with Crippen molar-refractivity contribution in [1.29, 1.82) is 0 Å². The lowest BCUT2D eigenvalue weighted by Gasteiger charge is -2.33. The topological polar surface area (TPSA) is 36.5 Å². The highest BCUT2D eigenvalue weighted by molar-refractivity contribution is 5.85. The molecule has 0 aromatic carbocycles. The van der Waals surface area contributed by atoms with Gasteiger partial charge in [0.25, 0.3) is 0 Å². The van der Waals surface area contributed by atoms with E-state index in [-0.39, 0.29) is 12.4 Å². The van der Waals surface area contributed by atoms with Gasteiger partial charge in [0, 0.05) is 31.7 Å². The second-order valence-electron chi connectivity index (χ2n) is 5.82. The SMILES string of the molecule is CCN(CC)CCNC1CCCC1C1COCCN1.Cl. The van der Waals surface area contributed by atoms with Crippen molar-refractivity contribution in [3.05, 3.63) is 0 Å². The van der Waals surface area contributed by atoms with Crippen molar-refractivity contribution in [3.63, 3.8) is 0 Å². The molecular formula is C15H32ClN3O. The monoisotopic (exact) mass is 305 g/mol. The summed E-state index contributed by atoms with van der Waals surface area (Å²) >= 11 is 0. The third kappa shape index (κ3) is 5.15. The summed E-state index contributed by atoms with van der Waals surface area (Å²) in [5.41, 5.74) is 0. The Morgan fingerprint density at radius 1 is 1.25 bits per heavy atom. The molecule has 0 radical (unpaired) electrons. The van der Waals surface area contributed by atoms with E-state index in [1.54, 1.807) is 0 Å². The molecule has 0 spiro atoms. The van der Waals surface area contributed by atoms with Crippen LogP contribution in [-0.2, 0) is 4.74 Å². The molecule has 1 saturated heterocycles. The van der Waals surface area contributed by atoms with E-state index < -0.39 is 0 Å². The number of ether oxygens (including phenoxy) is 1. The molecule has 3 atom stereocenters. The summed E-state index contributed by atoms with van der Waals surface area (Å²) in [4.78, 5) is 2.49. The van der Waals surface area contributed by atoms with Crippen molar-refractivity contribution in [2.45, 2.75) is 45.2 Å². The molecule has 2 N–H and O–H groups in total. The molecule has 2 fully saturated rings. The Kier molecular flexibility index (Phi) is 9.05. The fourth-order valence-corrected chi connectivity index (χ4v) is 3.53. The summed E-state index contributed by atoms with van der Waals surface area (Å²) in [5.74, 6) is 0.761. The Bertz CT molecular complexity index is 245. The summed E-state index contributed by atoms with van der Waals surface area (Å²) < 4.78 is 5.62. The quantitative estimate of drug-likeness (QED) is 0.747. The molecule has 1 heterocycles. The van der Waals surface area contributed by atoms with E-state index in [1.807, 2.05) is 0 Å². The second-order valence-corrected chi connectivity index (χ2v) is 5.82. The lowest BCUT2D eigenvalue weighted by molar-refractivity contribution is 0.0524. The number of hydrogen-bond donors (Lipinski definition) is 2. The van der Waals surface area contributed by atoms with Crippen molar-refractivity contribution in [2.24, 2.45) is 5.92 Å². The minimum Gasteiger partial charge on any atom is -0.379 e. The summed E-state index contributed by atoms with van der Waals surface area (Å²) in [7, 11) is 0. The van der Waals surface area contributed by atoms with E-state index in [2.05, 4.69) is 29.4 Å². The maximum absolute atomic E-state index is 5.62. The van der Waals surface area contributed by atoms with E-state index in [1.165, 1.54) is 25.8 Å². The van der Waals surface area contributed by atoms with Gasteiger partial charge < -0.3 is 20.3 Å². The van der Waals surface area contributed by atoms with Gasteiger partial charge in [0.05, 0.1) is 13.2 Å². The minimum absolute atomic E-state index is 0. The average molecular weight is 306 g/mol. The molecule has 2 rings (SSSR count). The Labute approximate surface area is 130 Å². The molecule has 1 aliphatic carbocycles. The first-order chi connectivity index (χ1) is 9.35. The van der Waals surface area contributed by atoms with E-state index >= 15 is 0 Å². The van der Waals surface area contributed by atoms with Crippen LogP contribution < -0.4 is 10.6 Å². The smallest absolute Gasteiger partial charge is 0.0623 e. The number of nitrogens with one attached hydrogen (secondary N) is 2. The Morgan fingerprint density at radius 2 is 2.05 bits per heavy atom. The van der Waals surface area contributed by atoms with E-state index in [0.29, 0.717) is 12.1 Å². The molecule has 0 bridgehead atoms. The van der Waals surface area contributed by atoms with Gasteiger partial charge in [0.2, 0.25) is 0 Å². The van der Waals surface area contributed by atoms with Gasteiger partial charge in [-0.3, -0.25) is 0 Å². The largest absolute Gasteiger partial charge is 0.379 e. The molecule has 1 saturated carbocycles. The van der Waals surface area contributed by atoms with Crippen LogP contribution in [0.2, 0.25) is 0 Å². The van der Waals surface area contributed by atoms with Gasteiger partial charge in [-0.05, 0) is 31.8 Å². The average Bonchev–Trinajstić information content (AvgIpc) is 2.93. The van der Waals surface area contributed by atoms with Crippen LogP contribution in [0.5, 0.6) is 0 Å². The van der Waals surface area contributed by atoms with Gasteiger partial charge in [0.15, 0.2) is 0 Å². The van der Waals surface area contributed by atoms with Crippen LogP contribution in [0.1, 0.15) is 33.1 Å². The molecule has 2 aliphatic rings. The Balaban J connectivity index is 0.00000200. The second kappa shape index (κ2) is 9.96. The Hall–Kier alpha value is 0.130. The zero-order valence-corrected chi connectivity index (χ0v) is 13.9. The summed E-state index contributed by atoms with van der Waals surface area (Å²) in [6.45, 7) is 11.9. The minimum atomic E-state index is 0. The van der Waals surface area contributed by atoms with E-state index in [0.717, 1.165) is 45.3 Å². The summed E-state index contributed by atoms with van der Waals surface area (Å²) in [5, 5.41) is 7.43. The zero-order chi connectivity index (χ0) is 13.5. The number of nitrogens with zero attached hydrogens (tertiary/aromatic N) is 1. The molecule has 4 nitrogen and oxygen atoms in total. The highest BCUT2D eigenvalue weighted by atomic mass is 35.5. The van der Waals surface area contributed by atoms with Gasteiger partial charge in [0.1, 0.15) is 0 Å². The van der Waals surface area contributed by atoms with Crippen LogP contribution in [0.15, 0.2) is 0 Å². The van der Waals surface area contributed by atoms with Crippen LogP contribution in [-0.4, -0.2) is 62.9 Å². The fraction of sp³-hybridized carbons (Fsp3) is 1.00. The molecule has 120 valence electrons. The lowest BCUT2D eigenvalue weighted by atomic mass is 9.94. The van der Waals surface area contributed by atoms with Crippen LogP contribution in [0.3, 0.4) is 0 Å². The summed E-state index contributed by atoms with van der Waals surface area (Å²) in [6.07, 6.45) is 4.05. The number of morpholine rings is 1. The van der Waals surface area contributed by atoms with Gasteiger partial charge in [-0.1, -0.05) is 20.3 Å². The predicted octanol–water partition coefficient (Wildman–Crippen LogP) is 1.50. The van der Waals surface area contributed by atoms with Gasteiger partial charge in [-0.25, -0.2) is 0 Å². The van der Waals surface area contributed by atoms with Crippen LogP contribution in [0.25, 0.3) is 0 Å². The number of halogens is 1. The first-order valence-electron chi connectivity index (χ1n) is 8.12. The highest BCUT2D eigenvalue weighted by Gasteiger charge is 2.34. The first-order valence-corrected chi connectivity index (χ1v) is 8.12. The molecule has 0 amide bonds. The Morgan fingerprint density at radius 3 is 2.70 bits per heavy atom. The maximum Gasteiger partial charge on any atom is 0.0623 e. The third-order valence-corrected chi connectivity index (χ3v) is 4.77. The van der Waals surface area contributed by atoms with Crippen LogP contribution >= 0.6 is 12.4 Å². The van der Waals surface area contributed by atoms with Crippen LogP contribution in [0, 0.1) is 5.92 Å². The van der Waals surface area contributed by atoms with Crippen molar-refractivity contribution in [2.75, 3.05) is 45.9 Å². The molecule has 20 heavy (non-hydrogen) atoms. The molecule has 1 aliphatic heterocycles.